The standard InChI is InChI=1S/C11H23ClO2S/c1-5-8-15(13,14)9-6-7-10(12)11(2,3)4/h10H,5-9H2,1-4H3. The number of hydrogen-bond donors (Lipinski definition) is 0. The van der Waals surface area contributed by atoms with Crippen molar-refractivity contribution in [2.45, 2.75) is 52.3 Å². The van der Waals surface area contributed by atoms with Gasteiger partial charge in [0, 0.05) is 11.1 Å². The quantitative estimate of drug-likeness (QED) is 0.682. The van der Waals surface area contributed by atoms with Crippen molar-refractivity contribution in [3.8, 4) is 0 Å². The number of sulfone groups is 1. The molecule has 0 heterocycles. The molecule has 0 saturated carbocycles. The average molecular weight is 255 g/mol. The van der Waals surface area contributed by atoms with Crippen LogP contribution in [-0.4, -0.2) is 25.3 Å². The van der Waals surface area contributed by atoms with Crippen LogP contribution in [0, 0.1) is 5.41 Å². The number of alkyl halides is 1. The molecule has 0 aromatic rings. The second-order valence-corrected chi connectivity index (χ2v) is 7.96. The largest absolute Gasteiger partial charge is 0.229 e. The molecule has 0 aromatic carbocycles. The van der Waals surface area contributed by atoms with Crippen LogP contribution in [0.25, 0.3) is 0 Å². The van der Waals surface area contributed by atoms with Crippen molar-refractivity contribution in [1.82, 2.24) is 0 Å². The fraction of sp³-hybridized carbons (Fsp3) is 1.00. The number of hydrogen-bond acceptors (Lipinski definition) is 2. The second-order valence-electron chi connectivity index (χ2n) is 5.13. The highest BCUT2D eigenvalue weighted by molar-refractivity contribution is 7.91. The van der Waals surface area contributed by atoms with Crippen molar-refractivity contribution in [3.63, 3.8) is 0 Å². The topological polar surface area (TPSA) is 34.1 Å². The van der Waals surface area contributed by atoms with Gasteiger partial charge in [0.25, 0.3) is 0 Å². The van der Waals surface area contributed by atoms with Gasteiger partial charge in [-0.1, -0.05) is 27.7 Å². The molecule has 1 atom stereocenters. The highest BCUT2D eigenvalue weighted by Gasteiger charge is 2.22. The van der Waals surface area contributed by atoms with Crippen LogP contribution in [0.15, 0.2) is 0 Å². The van der Waals surface area contributed by atoms with Gasteiger partial charge in [0.2, 0.25) is 0 Å². The molecule has 0 bridgehead atoms. The first-order chi connectivity index (χ1) is 6.69. The molecule has 0 aliphatic heterocycles. The Labute approximate surface area is 99.3 Å². The molecule has 2 nitrogen and oxygen atoms in total. The lowest BCUT2D eigenvalue weighted by molar-refractivity contribution is 0.372. The Hall–Kier alpha value is 0.240. The fourth-order valence-corrected chi connectivity index (χ4v) is 2.92. The molecule has 4 heteroatoms. The van der Waals surface area contributed by atoms with Crippen LogP contribution in [0.2, 0.25) is 0 Å². The van der Waals surface area contributed by atoms with E-state index in [9.17, 15) is 8.42 Å². The van der Waals surface area contributed by atoms with Gasteiger partial charge in [0.05, 0.1) is 5.75 Å². The minimum Gasteiger partial charge on any atom is -0.229 e. The van der Waals surface area contributed by atoms with E-state index in [0.29, 0.717) is 18.6 Å². The molecule has 1 unspecified atom stereocenters. The van der Waals surface area contributed by atoms with E-state index in [1.54, 1.807) is 0 Å². The molecule has 0 N–H and O–H groups in total. The highest BCUT2D eigenvalue weighted by atomic mass is 35.5. The minimum absolute atomic E-state index is 0.0503. The molecule has 15 heavy (non-hydrogen) atoms. The molecule has 0 aromatic heterocycles. The normalized spacial score (nSPS) is 15.3. The van der Waals surface area contributed by atoms with E-state index < -0.39 is 9.84 Å². The monoisotopic (exact) mass is 254 g/mol. The summed E-state index contributed by atoms with van der Waals surface area (Å²) in [5.41, 5.74) is 0.0517. The molecule has 0 saturated heterocycles. The van der Waals surface area contributed by atoms with Crippen LogP contribution >= 0.6 is 11.6 Å². The summed E-state index contributed by atoms with van der Waals surface area (Å²) in [4.78, 5) is 0. The van der Waals surface area contributed by atoms with Crippen molar-refractivity contribution < 1.29 is 8.42 Å². The predicted octanol–water partition coefficient (Wildman–Crippen LogP) is 3.24. The van der Waals surface area contributed by atoms with E-state index in [4.69, 9.17) is 11.6 Å². The lowest BCUT2D eigenvalue weighted by Crippen LogP contribution is -2.22. The second kappa shape index (κ2) is 6.09. The van der Waals surface area contributed by atoms with E-state index in [1.165, 1.54) is 0 Å². The molecule has 92 valence electrons. The van der Waals surface area contributed by atoms with Crippen molar-refractivity contribution in [3.05, 3.63) is 0 Å². The Balaban J connectivity index is 3.90. The van der Waals surface area contributed by atoms with Gasteiger partial charge < -0.3 is 0 Å². The first kappa shape index (κ1) is 15.2. The lowest BCUT2D eigenvalue weighted by atomic mass is 9.89. The summed E-state index contributed by atoms with van der Waals surface area (Å²) in [6.07, 6.45) is 2.15. The zero-order valence-corrected chi connectivity index (χ0v) is 11.8. The first-order valence-electron chi connectivity index (χ1n) is 5.53. The molecule has 0 aliphatic carbocycles. The third-order valence-electron chi connectivity index (χ3n) is 2.37. The smallest absolute Gasteiger partial charge is 0.150 e. The summed E-state index contributed by atoms with van der Waals surface area (Å²) in [6.45, 7) is 8.11. The van der Waals surface area contributed by atoms with Crippen LogP contribution in [0.4, 0.5) is 0 Å². The Morgan fingerprint density at radius 2 is 1.73 bits per heavy atom. The molecular formula is C11H23ClO2S. The van der Waals surface area contributed by atoms with E-state index in [2.05, 4.69) is 20.8 Å². The molecule has 0 aliphatic rings. The van der Waals surface area contributed by atoms with Gasteiger partial charge in [-0.25, -0.2) is 8.42 Å². The summed E-state index contributed by atoms with van der Waals surface area (Å²) in [7, 11) is -2.83. The van der Waals surface area contributed by atoms with Gasteiger partial charge in [-0.2, -0.15) is 0 Å². The zero-order chi connectivity index (χ0) is 12.1. The molecule has 0 fully saturated rings. The fourth-order valence-electron chi connectivity index (χ4n) is 1.33. The van der Waals surface area contributed by atoms with E-state index >= 15 is 0 Å². The van der Waals surface area contributed by atoms with Crippen molar-refractivity contribution >= 4 is 21.4 Å². The lowest BCUT2D eigenvalue weighted by Gasteiger charge is -2.24. The van der Waals surface area contributed by atoms with Gasteiger partial charge in [0.1, 0.15) is 9.84 Å². The Morgan fingerprint density at radius 1 is 1.20 bits per heavy atom. The molecule has 0 radical (unpaired) electrons. The van der Waals surface area contributed by atoms with Crippen LogP contribution in [0.5, 0.6) is 0 Å². The third-order valence-corrected chi connectivity index (χ3v) is 5.18. The molecule has 0 amide bonds. The van der Waals surface area contributed by atoms with Crippen LogP contribution in [-0.2, 0) is 9.84 Å². The minimum atomic E-state index is -2.83. The van der Waals surface area contributed by atoms with Gasteiger partial charge in [-0.05, 0) is 24.7 Å². The van der Waals surface area contributed by atoms with Crippen LogP contribution < -0.4 is 0 Å². The van der Waals surface area contributed by atoms with Crippen molar-refractivity contribution in [2.24, 2.45) is 5.41 Å². The molecular weight excluding hydrogens is 232 g/mol. The Kier molecular flexibility index (Phi) is 6.19. The van der Waals surface area contributed by atoms with E-state index in [-0.39, 0.29) is 16.5 Å². The van der Waals surface area contributed by atoms with Gasteiger partial charge >= 0.3 is 0 Å². The predicted molar refractivity (Wildman–Crippen MR) is 67.3 cm³/mol. The maximum absolute atomic E-state index is 11.4. The first-order valence-corrected chi connectivity index (χ1v) is 7.79. The highest BCUT2D eigenvalue weighted by Crippen LogP contribution is 2.28. The Bertz CT molecular complexity index is 265. The number of halogens is 1. The summed E-state index contributed by atoms with van der Waals surface area (Å²) in [5, 5.41) is 0.0503. The summed E-state index contributed by atoms with van der Waals surface area (Å²) in [6, 6.07) is 0. The molecule has 0 rings (SSSR count). The zero-order valence-electron chi connectivity index (χ0n) is 10.2. The number of rotatable bonds is 6. The average Bonchev–Trinajstić information content (AvgIpc) is 2.01. The Morgan fingerprint density at radius 3 is 2.13 bits per heavy atom. The van der Waals surface area contributed by atoms with Crippen LogP contribution in [0.3, 0.4) is 0 Å². The maximum atomic E-state index is 11.4. The van der Waals surface area contributed by atoms with Gasteiger partial charge in [0.15, 0.2) is 0 Å². The van der Waals surface area contributed by atoms with Crippen molar-refractivity contribution in [2.75, 3.05) is 11.5 Å². The van der Waals surface area contributed by atoms with Gasteiger partial charge in [-0.3, -0.25) is 0 Å². The van der Waals surface area contributed by atoms with Gasteiger partial charge in [-0.15, -0.1) is 11.6 Å². The van der Waals surface area contributed by atoms with E-state index in [1.807, 2.05) is 6.92 Å². The maximum Gasteiger partial charge on any atom is 0.150 e. The van der Waals surface area contributed by atoms with E-state index in [0.717, 1.165) is 6.42 Å². The summed E-state index contributed by atoms with van der Waals surface area (Å²) >= 11 is 6.17. The third kappa shape index (κ3) is 7.18. The summed E-state index contributed by atoms with van der Waals surface area (Å²) in [5.74, 6) is 0.579. The molecule has 0 spiro atoms. The van der Waals surface area contributed by atoms with Crippen molar-refractivity contribution in [1.29, 1.82) is 0 Å². The SMILES string of the molecule is CCCS(=O)(=O)CCCC(Cl)C(C)(C)C. The van der Waals surface area contributed by atoms with Crippen LogP contribution in [0.1, 0.15) is 47.0 Å². The summed E-state index contributed by atoms with van der Waals surface area (Å²) < 4.78 is 22.8.